The fourth-order valence-electron chi connectivity index (χ4n) is 2.87. The van der Waals surface area contributed by atoms with Crippen molar-refractivity contribution in [1.82, 2.24) is 0 Å². The molecule has 0 saturated carbocycles. The molecule has 0 amide bonds. The van der Waals surface area contributed by atoms with E-state index in [1.807, 2.05) is 40.7 Å². The van der Waals surface area contributed by atoms with E-state index in [1.165, 1.54) is 0 Å². The lowest BCUT2D eigenvalue weighted by molar-refractivity contribution is -0.113. The zero-order chi connectivity index (χ0) is 19.4. The summed E-state index contributed by atoms with van der Waals surface area (Å²) in [5.41, 5.74) is 3.13. The molecule has 1 nitrogen and oxygen atoms in total. The van der Waals surface area contributed by atoms with Gasteiger partial charge in [0.15, 0.2) is 5.78 Å². The van der Waals surface area contributed by atoms with Crippen LogP contribution in [0.2, 0.25) is 0 Å². The largest absolute Gasteiger partial charge is 0.417 e. The highest BCUT2D eigenvalue weighted by atomic mass is 19.4. The van der Waals surface area contributed by atoms with E-state index in [2.05, 4.69) is 0 Å². The monoisotopic (exact) mass is 352 g/mol. The van der Waals surface area contributed by atoms with Crippen molar-refractivity contribution in [2.24, 2.45) is 0 Å². The zero-order valence-corrected chi connectivity index (χ0v) is 15.9. The molecule has 0 saturated heterocycles. The molecule has 0 spiro atoms. The maximum absolute atomic E-state index is 13.8. The summed E-state index contributed by atoms with van der Waals surface area (Å²) in [6.45, 7) is 10.6. The number of hydrogen-bond acceptors (Lipinski definition) is 1. The van der Waals surface area contributed by atoms with E-state index in [9.17, 15) is 18.0 Å². The number of rotatable bonds is 6. The number of ketones is 1. The highest BCUT2D eigenvalue weighted by Crippen LogP contribution is 2.41. The van der Waals surface area contributed by atoms with E-state index in [4.69, 9.17) is 0 Å². The molecule has 0 heterocycles. The van der Waals surface area contributed by atoms with E-state index in [1.54, 1.807) is 6.07 Å². The minimum Gasteiger partial charge on any atom is -0.295 e. The van der Waals surface area contributed by atoms with Crippen molar-refractivity contribution >= 4 is 16.9 Å². The van der Waals surface area contributed by atoms with Crippen LogP contribution in [0.5, 0.6) is 0 Å². The number of benzene rings is 1. The number of unbranched alkanes of at least 4 members (excludes halogenated alkanes) is 1. The van der Waals surface area contributed by atoms with Crippen molar-refractivity contribution in [1.29, 1.82) is 0 Å². The predicted octanol–water partition coefficient (Wildman–Crippen LogP) is 6.69. The molecule has 1 aromatic rings. The lowest BCUT2D eigenvalue weighted by atomic mass is 9.84. The molecule has 0 aromatic heterocycles. The minimum absolute atomic E-state index is 0.162. The van der Waals surface area contributed by atoms with Crippen LogP contribution in [-0.4, -0.2) is 12.0 Å². The lowest BCUT2D eigenvalue weighted by Gasteiger charge is -2.23. The summed E-state index contributed by atoms with van der Waals surface area (Å²) in [6, 6.07) is 3.64. The van der Waals surface area contributed by atoms with Gasteiger partial charge in [0.2, 0.25) is 0 Å². The third-order valence-electron chi connectivity index (χ3n) is 4.35. The minimum atomic E-state index is -4.59. The lowest BCUT2D eigenvalue weighted by Crippen LogP contribution is -2.16. The van der Waals surface area contributed by atoms with Crippen LogP contribution < -0.4 is 0 Å². The SMILES string of the molecule is CCCCc1ccc(C)c(C(C)=C(C)C)c1/C(=C\C(C)=O)C(F)(F)F. The molecule has 4 heteroatoms. The van der Waals surface area contributed by atoms with Crippen molar-refractivity contribution in [2.45, 2.75) is 67.0 Å². The first-order valence-electron chi connectivity index (χ1n) is 8.57. The van der Waals surface area contributed by atoms with Crippen LogP contribution in [0.1, 0.15) is 69.7 Å². The maximum atomic E-state index is 13.8. The highest BCUT2D eigenvalue weighted by Gasteiger charge is 2.37. The summed E-state index contributed by atoms with van der Waals surface area (Å²) in [5, 5.41) is 0. The van der Waals surface area contributed by atoms with Gasteiger partial charge in [-0.25, -0.2) is 0 Å². The summed E-state index contributed by atoms with van der Waals surface area (Å²) < 4.78 is 41.4. The Kier molecular flexibility index (Phi) is 7.21. The third-order valence-corrected chi connectivity index (χ3v) is 4.35. The molecular formula is C21H27F3O. The van der Waals surface area contributed by atoms with E-state index < -0.39 is 17.5 Å². The Labute approximate surface area is 148 Å². The Morgan fingerprint density at radius 1 is 1.08 bits per heavy atom. The topological polar surface area (TPSA) is 17.1 Å². The normalized spacial score (nSPS) is 12.3. The van der Waals surface area contributed by atoms with Gasteiger partial charge < -0.3 is 0 Å². The number of carbonyl (C=O) groups is 1. The maximum Gasteiger partial charge on any atom is 0.417 e. The molecule has 1 aromatic carbocycles. The Balaban J connectivity index is 3.92. The standard InChI is InChI=1S/C21H27F3O/c1-7-8-9-17-11-10-14(4)19(16(6)13(2)3)20(17)18(12-15(5)25)21(22,23)24/h10-12H,7-9H2,1-6H3/b18-12+. The number of carbonyl (C=O) groups excluding carboxylic acids is 1. The third kappa shape index (κ3) is 5.32. The fraction of sp³-hybridized carbons (Fsp3) is 0.476. The van der Waals surface area contributed by atoms with Crippen LogP contribution in [0.3, 0.4) is 0 Å². The first-order valence-corrected chi connectivity index (χ1v) is 8.57. The van der Waals surface area contributed by atoms with Gasteiger partial charge in [0, 0.05) is 0 Å². The second-order valence-corrected chi connectivity index (χ2v) is 6.69. The van der Waals surface area contributed by atoms with Crippen molar-refractivity contribution in [3.8, 4) is 0 Å². The van der Waals surface area contributed by atoms with Crippen LogP contribution in [-0.2, 0) is 11.2 Å². The molecule has 0 aliphatic rings. The molecule has 0 N–H and O–H groups in total. The van der Waals surface area contributed by atoms with Crippen molar-refractivity contribution < 1.29 is 18.0 Å². The highest BCUT2D eigenvalue weighted by molar-refractivity contribution is 5.98. The average Bonchev–Trinajstić information content (AvgIpc) is 2.49. The van der Waals surface area contributed by atoms with Gasteiger partial charge in [-0.05, 0) is 81.4 Å². The van der Waals surface area contributed by atoms with Gasteiger partial charge in [-0.15, -0.1) is 0 Å². The molecule has 0 radical (unpaired) electrons. The van der Waals surface area contributed by atoms with Crippen molar-refractivity contribution in [2.75, 3.05) is 0 Å². The number of hydrogen-bond donors (Lipinski definition) is 0. The number of aryl methyl sites for hydroxylation is 2. The summed E-state index contributed by atoms with van der Waals surface area (Å²) in [5.74, 6) is -0.601. The fourth-order valence-corrected chi connectivity index (χ4v) is 2.87. The van der Waals surface area contributed by atoms with Crippen molar-refractivity contribution in [3.63, 3.8) is 0 Å². The number of allylic oxidation sites excluding steroid dienone is 4. The average molecular weight is 352 g/mol. The van der Waals surface area contributed by atoms with Gasteiger partial charge >= 0.3 is 6.18 Å². The second kappa shape index (κ2) is 8.50. The summed E-state index contributed by atoms with van der Waals surface area (Å²) in [7, 11) is 0. The quantitative estimate of drug-likeness (QED) is 0.522. The van der Waals surface area contributed by atoms with Crippen LogP contribution >= 0.6 is 0 Å². The van der Waals surface area contributed by atoms with Crippen LogP contribution in [0.15, 0.2) is 23.8 Å². The molecule has 0 atom stereocenters. The first kappa shape index (κ1) is 21.2. The van der Waals surface area contributed by atoms with Gasteiger partial charge in [-0.3, -0.25) is 4.79 Å². The van der Waals surface area contributed by atoms with Crippen LogP contribution in [0.25, 0.3) is 11.1 Å². The van der Waals surface area contributed by atoms with Gasteiger partial charge in [0.1, 0.15) is 0 Å². The van der Waals surface area contributed by atoms with Crippen molar-refractivity contribution in [3.05, 3.63) is 46.0 Å². The van der Waals surface area contributed by atoms with E-state index >= 15 is 0 Å². The Morgan fingerprint density at radius 3 is 2.12 bits per heavy atom. The molecule has 0 unspecified atom stereocenters. The Hall–Kier alpha value is -1.84. The predicted molar refractivity (Wildman–Crippen MR) is 98.4 cm³/mol. The molecule has 0 fully saturated rings. The van der Waals surface area contributed by atoms with Gasteiger partial charge in [-0.2, -0.15) is 13.2 Å². The zero-order valence-electron chi connectivity index (χ0n) is 15.9. The summed E-state index contributed by atoms with van der Waals surface area (Å²) in [4.78, 5) is 11.5. The number of halogens is 3. The first-order chi connectivity index (χ1) is 11.5. The molecular weight excluding hydrogens is 325 g/mol. The van der Waals surface area contributed by atoms with Crippen LogP contribution in [0, 0.1) is 6.92 Å². The summed E-state index contributed by atoms with van der Waals surface area (Å²) in [6.07, 6.45) is -1.61. The molecule has 0 aliphatic carbocycles. The molecule has 1 rings (SSSR count). The van der Waals surface area contributed by atoms with E-state index in [0.29, 0.717) is 17.5 Å². The van der Waals surface area contributed by atoms with Gasteiger partial charge in [0.25, 0.3) is 0 Å². The van der Waals surface area contributed by atoms with Gasteiger partial charge in [0.05, 0.1) is 5.57 Å². The molecule has 25 heavy (non-hydrogen) atoms. The Morgan fingerprint density at radius 2 is 1.68 bits per heavy atom. The van der Waals surface area contributed by atoms with Gasteiger partial charge in [-0.1, -0.05) is 31.1 Å². The molecule has 0 aliphatic heterocycles. The molecule has 138 valence electrons. The Bertz CT molecular complexity index is 703. The second-order valence-electron chi connectivity index (χ2n) is 6.69. The van der Waals surface area contributed by atoms with E-state index in [0.717, 1.165) is 42.6 Å². The smallest absolute Gasteiger partial charge is 0.295 e. The van der Waals surface area contributed by atoms with E-state index in [-0.39, 0.29) is 5.56 Å². The number of alkyl halides is 3. The molecule has 0 bridgehead atoms. The summed E-state index contributed by atoms with van der Waals surface area (Å²) >= 11 is 0. The van der Waals surface area contributed by atoms with Crippen LogP contribution in [0.4, 0.5) is 13.2 Å².